The van der Waals surface area contributed by atoms with Gasteiger partial charge in [-0.3, -0.25) is 9.59 Å². The minimum atomic E-state index is -0.0860. The van der Waals surface area contributed by atoms with Gasteiger partial charge in [0, 0.05) is 31.5 Å². The standard InChI is InChI=1S/C18H25NO3/c1-12-15-13(20)10-18(2,3)11-14(15)22-16(12)17(21)19-8-6-4-5-7-9-19/h4-11H2,1-3H3. The van der Waals surface area contributed by atoms with Gasteiger partial charge in [-0.15, -0.1) is 0 Å². The molecule has 2 heterocycles. The fraction of sp³-hybridized carbons (Fsp3) is 0.667. The number of amides is 1. The molecule has 0 atom stereocenters. The highest BCUT2D eigenvalue weighted by molar-refractivity contribution is 6.03. The normalized spacial score (nSPS) is 21.4. The third-order valence-corrected chi connectivity index (χ3v) is 4.86. The van der Waals surface area contributed by atoms with Crippen LogP contribution in [0.2, 0.25) is 0 Å². The Morgan fingerprint density at radius 2 is 1.73 bits per heavy atom. The van der Waals surface area contributed by atoms with Crippen molar-refractivity contribution in [1.29, 1.82) is 0 Å². The van der Waals surface area contributed by atoms with Gasteiger partial charge in [0.2, 0.25) is 0 Å². The second-order valence-corrected chi connectivity index (χ2v) is 7.50. The number of hydrogen-bond acceptors (Lipinski definition) is 3. The van der Waals surface area contributed by atoms with Crippen molar-refractivity contribution in [2.75, 3.05) is 13.1 Å². The highest BCUT2D eigenvalue weighted by Gasteiger charge is 2.37. The molecule has 22 heavy (non-hydrogen) atoms. The zero-order chi connectivity index (χ0) is 15.9. The topological polar surface area (TPSA) is 50.5 Å². The summed E-state index contributed by atoms with van der Waals surface area (Å²) in [5.74, 6) is 1.16. The van der Waals surface area contributed by atoms with Gasteiger partial charge in [-0.05, 0) is 25.2 Å². The van der Waals surface area contributed by atoms with Crippen molar-refractivity contribution in [3.8, 4) is 0 Å². The van der Waals surface area contributed by atoms with Gasteiger partial charge in [0.05, 0.1) is 5.56 Å². The predicted octanol–water partition coefficient (Wildman–Crippen LogP) is 3.76. The summed E-state index contributed by atoms with van der Waals surface area (Å²) < 4.78 is 5.89. The van der Waals surface area contributed by atoms with Crippen LogP contribution in [-0.4, -0.2) is 29.7 Å². The molecular formula is C18H25NO3. The fourth-order valence-electron chi connectivity index (χ4n) is 3.70. The molecule has 0 aromatic carbocycles. The van der Waals surface area contributed by atoms with Crippen LogP contribution in [0.4, 0.5) is 0 Å². The number of Topliss-reactive ketones (excluding diaryl/α,β-unsaturated/α-hetero) is 1. The molecule has 2 aliphatic rings. The first kappa shape index (κ1) is 15.3. The van der Waals surface area contributed by atoms with E-state index in [-0.39, 0.29) is 17.1 Å². The average molecular weight is 303 g/mol. The molecule has 1 fully saturated rings. The number of rotatable bonds is 1. The summed E-state index contributed by atoms with van der Waals surface area (Å²) >= 11 is 0. The minimum Gasteiger partial charge on any atom is -0.455 e. The van der Waals surface area contributed by atoms with Crippen LogP contribution in [0.5, 0.6) is 0 Å². The van der Waals surface area contributed by atoms with Crippen molar-refractivity contribution in [1.82, 2.24) is 4.90 Å². The number of carbonyl (C=O) groups is 2. The number of nitrogens with zero attached hydrogens (tertiary/aromatic N) is 1. The van der Waals surface area contributed by atoms with E-state index in [2.05, 4.69) is 13.8 Å². The van der Waals surface area contributed by atoms with Crippen molar-refractivity contribution in [3.63, 3.8) is 0 Å². The zero-order valence-electron chi connectivity index (χ0n) is 13.8. The second kappa shape index (κ2) is 5.56. The molecule has 4 heteroatoms. The molecule has 1 amide bonds. The Balaban J connectivity index is 1.92. The maximum absolute atomic E-state index is 12.8. The molecule has 1 saturated heterocycles. The third kappa shape index (κ3) is 2.71. The lowest BCUT2D eigenvalue weighted by molar-refractivity contribution is 0.0723. The molecule has 3 rings (SSSR count). The second-order valence-electron chi connectivity index (χ2n) is 7.50. The van der Waals surface area contributed by atoms with E-state index in [1.54, 1.807) is 0 Å². The van der Waals surface area contributed by atoms with Crippen LogP contribution in [0, 0.1) is 12.3 Å². The summed E-state index contributed by atoms with van der Waals surface area (Å²) in [6.45, 7) is 7.58. The van der Waals surface area contributed by atoms with Gasteiger partial charge in [-0.2, -0.15) is 0 Å². The van der Waals surface area contributed by atoms with Gasteiger partial charge in [0.25, 0.3) is 5.91 Å². The molecule has 0 bridgehead atoms. The van der Waals surface area contributed by atoms with Crippen LogP contribution < -0.4 is 0 Å². The van der Waals surface area contributed by atoms with Crippen molar-refractivity contribution in [2.45, 2.75) is 59.3 Å². The average Bonchev–Trinajstić information content (AvgIpc) is 2.64. The van der Waals surface area contributed by atoms with Crippen LogP contribution in [-0.2, 0) is 6.42 Å². The summed E-state index contributed by atoms with van der Waals surface area (Å²) in [7, 11) is 0. The lowest BCUT2D eigenvalue weighted by Gasteiger charge is -2.27. The Hall–Kier alpha value is -1.58. The molecule has 0 spiro atoms. The smallest absolute Gasteiger partial charge is 0.289 e. The third-order valence-electron chi connectivity index (χ3n) is 4.86. The lowest BCUT2D eigenvalue weighted by atomic mass is 9.76. The van der Waals surface area contributed by atoms with Crippen molar-refractivity contribution < 1.29 is 14.0 Å². The van der Waals surface area contributed by atoms with Gasteiger partial charge < -0.3 is 9.32 Å². The maximum atomic E-state index is 12.8. The molecule has 4 nitrogen and oxygen atoms in total. The van der Waals surface area contributed by atoms with Crippen LogP contribution in [0.15, 0.2) is 4.42 Å². The number of fused-ring (bicyclic) bond motifs is 1. The first-order valence-corrected chi connectivity index (χ1v) is 8.34. The van der Waals surface area contributed by atoms with Crippen molar-refractivity contribution >= 4 is 11.7 Å². The van der Waals surface area contributed by atoms with Gasteiger partial charge in [0.15, 0.2) is 11.5 Å². The molecule has 0 saturated carbocycles. The Bertz CT molecular complexity index is 604. The molecule has 120 valence electrons. The maximum Gasteiger partial charge on any atom is 0.289 e. The Labute approximate surface area is 131 Å². The fourth-order valence-corrected chi connectivity index (χ4v) is 3.70. The van der Waals surface area contributed by atoms with E-state index in [0.717, 1.165) is 37.9 Å². The first-order chi connectivity index (χ1) is 10.4. The van der Waals surface area contributed by atoms with Crippen molar-refractivity contribution in [2.24, 2.45) is 5.41 Å². The minimum absolute atomic E-state index is 0.0422. The Morgan fingerprint density at radius 3 is 2.36 bits per heavy atom. The van der Waals surface area contributed by atoms with E-state index in [4.69, 9.17) is 4.42 Å². The molecule has 1 aliphatic heterocycles. The van der Waals surface area contributed by atoms with Crippen LogP contribution in [0.25, 0.3) is 0 Å². The van der Waals surface area contributed by atoms with Gasteiger partial charge in [-0.25, -0.2) is 0 Å². The predicted molar refractivity (Wildman–Crippen MR) is 84.2 cm³/mol. The Kier molecular flexibility index (Phi) is 3.87. The number of hydrogen-bond donors (Lipinski definition) is 0. The highest BCUT2D eigenvalue weighted by atomic mass is 16.4. The lowest BCUT2D eigenvalue weighted by Crippen LogP contribution is -2.32. The Morgan fingerprint density at radius 1 is 1.09 bits per heavy atom. The summed E-state index contributed by atoms with van der Waals surface area (Å²) in [5.41, 5.74) is 1.32. The van der Waals surface area contributed by atoms with Gasteiger partial charge >= 0.3 is 0 Å². The van der Waals surface area contributed by atoms with Crippen molar-refractivity contribution in [3.05, 3.63) is 22.6 Å². The summed E-state index contributed by atoms with van der Waals surface area (Å²) in [5, 5.41) is 0. The summed E-state index contributed by atoms with van der Waals surface area (Å²) in [4.78, 5) is 27.1. The molecule has 1 aliphatic carbocycles. The summed E-state index contributed by atoms with van der Waals surface area (Å²) in [6.07, 6.45) is 5.72. The van der Waals surface area contributed by atoms with E-state index in [1.807, 2.05) is 11.8 Å². The van der Waals surface area contributed by atoms with Gasteiger partial charge in [0.1, 0.15) is 5.76 Å². The first-order valence-electron chi connectivity index (χ1n) is 8.34. The summed E-state index contributed by atoms with van der Waals surface area (Å²) in [6, 6.07) is 0. The zero-order valence-corrected chi connectivity index (χ0v) is 13.8. The molecule has 1 aromatic heterocycles. The molecular weight excluding hydrogens is 278 g/mol. The molecule has 1 aromatic rings. The number of likely N-dealkylation sites (tertiary alicyclic amines) is 1. The van der Waals surface area contributed by atoms with E-state index in [1.165, 1.54) is 12.8 Å². The molecule has 0 N–H and O–H groups in total. The van der Waals surface area contributed by atoms with E-state index in [0.29, 0.717) is 23.5 Å². The van der Waals surface area contributed by atoms with Crippen LogP contribution in [0.3, 0.4) is 0 Å². The van der Waals surface area contributed by atoms with E-state index >= 15 is 0 Å². The number of carbonyl (C=O) groups excluding carboxylic acids is 2. The van der Waals surface area contributed by atoms with E-state index in [9.17, 15) is 9.59 Å². The largest absolute Gasteiger partial charge is 0.455 e. The number of furan rings is 1. The monoisotopic (exact) mass is 303 g/mol. The SMILES string of the molecule is Cc1c(C(=O)N2CCCCCC2)oc2c1C(=O)CC(C)(C)C2. The van der Waals surface area contributed by atoms with E-state index < -0.39 is 0 Å². The molecule has 0 unspecified atom stereocenters. The van der Waals surface area contributed by atoms with Gasteiger partial charge in [-0.1, -0.05) is 26.7 Å². The molecule has 0 radical (unpaired) electrons. The highest BCUT2D eigenvalue weighted by Crippen LogP contribution is 2.38. The van der Waals surface area contributed by atoms with Crippen LogP contribution >= 0.6 is 0 Å². The quantitative estimate of drug-likeness (QED) is 0.793. The van der Waals surface area contributed by atoms with Crippen LogP contribution in [0.1, 0.15) is 78.2 Å². The number of ketones is 1.